The highest BCUT2D eigenvalue weighted by Gasteiger charge is 2.17. The van der Waals surface area contributed by atoms with Gasteiger partial charge in [-0.15, -0.1) is 0 Å². The second-order valence-corrected chi connectivity index (χ2v) is 5.86. The first-order valence-electron chi connectivity index (χ1n) is 7.99. The van der Waals surface area contributed by atoms with Crippen molar-refractivity contribution in [2.45, 2.75) is 0 Å². The Bertz CT molecular complexity index is 1040. The molecule has 2 aromatic carbocycles. The van der Waals surface area contributed by atoms with Crippen molar-refractivity contribution in [2.24, 2.45) is 5.10 Å². The van der Waals surface area contributed by atoms with Gasteiger partial charge in [0.1, 0.15) is 5.75 Å². The average molecular weight is 397 g/mol. The first kappa shape index (κ1) is 19.0. The zero-order valence-electron chi connectivity index (χ0n) is 14.3. The molecule has 0 aliphatic heterocycles. The zero-order valence-corrected chi connectivity index (χ0v) is 15.0. The van der Waals surface area contributed by atoms with E-state index in [9.17, 15) is 14.9 Å². The summed E-state index contributed by atoms with van der Waals surface area (Å²) in [5.41, 5.74) is 2.88. The molecule has 0 radical (unpaired) electrons. The molecule has 140 valence electrons. The maximum Gasteiger partial charge on any atom is 0.312 e. The first-order chi connectivity index (χ1) is 13.5. The molecule has 8 nitrogen and oxygen atoms in total. The van der Waals surface area contributed by atoms with E-state index in [1.165, 1.54) is 42.9 Å². The summed E-state index contributed by atoms with van der Waals surface area (Å²) in [4.78, 5) is 26.5. The van der Waals surface area contributed by atoms with Gasteiger partial charge in [0.2, 0.25) is 5.75 Å². The number of hydrogen-bond donors (Lipinski definition) is 1. The van der Waals surface area contributed by atoms with Gasteiger partial charge < -0.3 is 4.74 Å². The van der Waals surface area contributed by atoms with Crippen molar-refractivity contribution < 1.29 is 14.5 Å². The molecule has 0 spiro atoms. The molecule has 1 heterocycles. The summed E-state index contributed by atoms with van der Waals surface area (Å²) in [5.74, 6) is -0.0822. The molecule has 9 heteroatoms. The number of rotatable bonds is 6. The van der Waals surface area contributed by atoms with Gasteiger partial charge in [0.25, 0.3) is 5.91 Å². The van der Waals surface area contributed by atoms with Crippen LogP contribution < -0.4 is 10.2 Å². The summed E-state index contributed by atoms with van der Waals surface area (Å²) in [7, 11) is 0. The van der Waals surface area contributed by atoms with E-state index in [4.69, 9.17) is 16.3 Å². The number of hydrogen-bond acceptors (Lipinski definition) is 6. The smallest absolute Gasteiger partial charge is 0.312 e. The van der Waals surface area contributed by atoms with Crippen LogP contribution in [0.15, 0.2) is 72.1 Å². The molecule has 0 fully saturated rings. The van der Waals surface area contributed by atoms with Crippen LogP contribution in [0.1, 0.15) is 15.9 Å². The lowest BCUT2D eigenvalue weighted by Gasteiger charge is -2.08. The molecule has 1 N–H and O–H groups in total. The molecule has 0 bridgehead atoms. The number of carbonyl (C=O) groups excluding carboxylic acids is 1. The molecule has 0 aliphatic carbocycles. The number of benzene rings is 2. The second kappa shape index (κ2) is 8.74. The Balaban J connectivity index is 1.76. The number of hydrazone groups is 1. The number of ether oxygens (including phenoxy) is 1. The summed E-state index contributed by atoms with van der Waals surface area (Å²) in [6.07, 6.45) is 4.27. The Morgan fingerprint density at radius 1 is 1.14 bits per heavy atom. The van der Waals surface area contributed by atoms with Crippen LogP contribution in [0, 0.1) is 10.1 Å². The van der Waals surface area contributed by atoms with Crippen molar-refractivity contribution >= 4 is 29.4 Å². The lowest BCUT2D eigenvalue weighted by molar-refractivity contribution is -0.385. The van der Waals surface area contributed by atoms with Gasteiger partial charge in [-0.3, -0.25) is 19.9 Å². The number of para-hydroxylation sites is 1. The van der Waals surface area contributed by atoms with Crippen LogP contribution in [-0.4, -0.2) is 22.0 Å². The number of carbonyl (C=O) groups is 1. The Morgan fingerprint density at radius 2 is 1.89 bits per heavy atom. The van der Waals surface area contributed by atoms with E-state index in [0.717, 1.165) is 0 Å². The van der Waals surface area contributed by atoms with Crippen LogP contribution in [0.4, 0.5) is 5.69 Å². The Kier molecular flexibility index (Phi) is 5.93. The predicted octanol–water partition coefficient (Wildman–Crippen LogP) is 4.20. The molecule has 1 amide bonds. The van der Waals surface area contributed by atoms with Crippen molar-refractivity contribution in [1.82, 2.24) is 10.4 Å². The molecule has 0 saturated heterocycles. The van der Waals surface area contributed by atoms with E-state index in [-0.39, 0.29) is 11.4 Å². The maximum absolute atomic E-state index is 11.9. The number of nitro groups is 1. The minimum atomic E-state index is -0.570. The van der Waals surface area contributed by atoms with Crippen molar-refractivity contribution in [2.75, 3.05) is 0 Å². The molecule has 0 saturated carbocycles. The number of pyridine rings is 1. The molecular formula is C19H13ClN4O4. The van der Waals surface area contributed by atoms with Gasteiger partial charge in [-0.1, -0.05) is 23.7 Å². The predicted molar refractivity (Wildman–Crippen MR) is 104 cm³/mol. The molecule has 3 rings (SSSR count). The molecule has 0 unspecified atom stereocenters. The SMILES string of the molecule is O=C(N/N=C/c1ccc(Oc2ccccc2Cl)c([N+](=O)[O-])c1)c1ccncc1. The third-order valence-electron chi connectivity index (χ3n) is 3.56. The summed E-state index contributed by atoms with van der Waals surface area (Å²) in [5, 5.41) is 15.5. The number of nitrogens with zero attached hydrogens (tertiary/aromatic N) is 3. The Morgan fingerprint density at radius 3 is 2.61 bits per heavy atom. The summed E-state index contributed by atoms with van der Waals surface area (Å²) >= 11 is 6.03. The molecule has 0 aliphatic rings. The minimum Gasteiger partial charge on any atom is -0.449 e. The first-order valence-corrected chi connectivity index (χ1v) is 8.36. The van der Waals surface area contributed by atoms with E-state index in [2.05, 4.69) is 15.5 Å². The summed E-state index contributed by atoms with van der Waals surface area (Å²) < 4.78 is 5.56. The highest BCUT2D eigenvalue weighted by atomic mass is 35.5. The van der Waals surface area contributed by atoms with Gasteiger partial charge in [0.15, 0.2) is 0 Å². The van der Waals surface area contributed by atoms with Gasteiger partial charge in [-0.2, -0.15) is 5.10 Å². The van der Waals surface area contributed by atoms with Gasteiger partial charge in [-0.25, -0.2) is 5.43 Å². The third-order valence-corrected chi connectivity index (χ3v) is 3.87. The van der Waals surface area contributed by atoms with Crippen LogP contribution in [0.5, 0.6) is 11.5 Å². The molecule has 1 aromatic heterocycles. The maximum atomic E-state index is 11.9. The quantitative estimate of drug-likeness (QED) is 0.381. The second-order valence-electron chi connectivity index (χ2n) is 5.45. The largest absolute Gasteiger partial charge is 0.449 e. The summed E-state index contributed by atoms with van der Waals surface area (Å²) in [6.45, 7) is 0. The molecule has 28 heavy (non-hydrogen) atoms. The normalized spacial score (nSPS) is 10.6. The van der Waals surface area contributed by atoms with E-state index in [0.29, 0.717) is 21.9 Å². The number of nitrogens with one attached hydrogen (secondary N) is 1. The van der Waals surface area contributed by atoms with Crippen molar-refractivity contribution in [3.8, 4) is 11.5 Å². The Labute approximate surface area is 164 Å². The highest BCUT2D eigenvalue weighted by Crippen LogP contribution is 2.35. The van der Waals surface area contributed by atoms with E-state index >= 15 is 0 Å². The molecule has 3 aromatic rings. The van der Waals surface area contributed by atoms with Gasteiger partial charge in [0.05, 0.1) is 16.2 Å². The number of halogens is 1. The fourth-order valence-electron chi connectivity index (χ4n) is 2.22. The molecular weight excluding hydrogens is 384 g/mol. The zero-order chi connectivity index (χ0) is 19.9. The van der Waals surface area contributed by atoms with E-state index < -0.39 is 10.8 Å². The highest BCUT2D eigenvalue weighted by molar-refractivity contribution is 6.32. The standard InChI is InChI=1S/C19H13ClN4O4/c20-15-3-1-2-4-17(15)28-18-6-5-13(11-16(18)24(26)27)12-22-23-19(25)14-7-9-21-10-8-14/h1-12H,(H,23,25)/b22-12+. The van der Waals surface area contributed by atoms with Gasteiger partial charge in [-0.05, 0) is 36.4 Å². The topological polar surface area (TPSA) is 107 Å². The number of nitro benzene ring substituents is 1. The fourth-order valence-corrected chi connectivity index (χ4v) is 2.40. The van der Waals surface area contributed by atoms with E-state index in [1.807, 2.05) is 0 Å². The minimum absolute atomic E-state index is 0.0380. The average Bonchev–Trinajstić information content (AvgIpc) is 2.71. The van der Waals surface area contributed by atoms with Crippen LogP contribution in [0.2, 0.25) is 5.02 Å². The van der Waals surface area contributed by atoms with Crippen LogP contribution in [0.3, 0.4) is 0 Å². The lowest BCUT2D eigenvalue weighted by Crippen LogP contribution is -2.17. The van der Waals surface area contributed by atoms with E-state index in [1.54, 1.807) is 30.3 Å². The number of amides is 1. The third kappa shape index (κ3) is 4.68. The van der Waals surface area contributed by atoms with Gasteiger partial charge >= 0.3 is 5.69 Å². The fraction of sp³-hybridized carbons (Fsp3) is 0. The van der Waals surface area contributed by atoms with Crippen molar-refractivity contribution in [3.05, 3.63) is 93.3 Å². The number of aromatic nitrogens is 1. The van der Waals surface area contributed by atoms with Crippen LogP contribution in [0.25, 0.3) is 0 Å². The Hall–Kier alpha value is -3.78. The van der Waals surface area contributed by atoms with Crippen LogP contribution in [-0.2, 0) is 0 Å². The monoisotopic (exact) mass is 396 g/mol. The van der Waals surface area contributed by atoms with Crippen molar-refractivity contribution in [3.63, 3.8) is 0 Å². The summed E-state index contributed by atoms with van der Waals surface area (Å²) in [6, 6.07) is 14.0. The lowest BCUT2D eigenvalue weighted by atomic mass is 10.2. The van der Waals surface area contributed by atoms with Gasteiger partial charge in [0, 0.05) is 29.6 Å². The van der Waals surface area contributed by atoms with Crippen LogP contribution >= 0.6 is 11.6 Å². The van der Waals surface area contributed by atoms with Crippen molar-refractivity contribution in [1.29, 1.82) is 0 Å². The molecule has 0 atom stereocenters.